The van der Waals surface area contributed by atoms with E-state index in [9.17, 15) is 13.2 Å². The van der Waals surface area contributed by atoms with E-state index in [0.717, 1.165) is 0 Å². The monoisotopic (exact) mass is 278 g/mol. The summed E-state index contributed by atoms with van der Waals surface area (Å²) in [4.78, 5) is 0. The van der Waals surface area contributed by atoms with Gasteiger partial charge in [-0.05, 0) is 18.2 Å². The standard InChI is InChI=1S/C11H13F3N2O3/c1-17-9-4-7(10(15)16)2-3-8(9)19-6-18-5-11(12,13)14/h2-4H,5-6H2,1H3,(H3,15,16). The number of alkyl halides is 3. The van der Waals surface area contributed by atoms with Crippen LogP contribution >= 0.6 is 0 Å². The van der Waals surface area contributed by atoms with Crippen molar-refractivity contribution in [2.75, 3.05) is 20.5 Å². The van der Waals surface area contributed by atoms with Crippen LogP contribution in [0.3, 0.4) is 0 Å². The highest BCUT2D eigenvalue weighted by molar-refractivity contribution is 5.95. The summed E-state index contributed by atoms with van der Waals surface area (Å²) in [6.45, 7) is -1.95. The topological polar surface area (TPSA) is 77.6 Å². The molecule has 0 aromatic heterocycles. The SMILES string of the molecule is COc1cc(C(=N)N)ccc1OCOCC(F)(F)F. The Morgan fingerprint density at radius 1 is 1.32 bits per heavy atom. The number of ether oxygens (including phenoxy) is 3. The number of rotatable bonds is 6. The molecule has 1 aromatic carbocycles. The van der Waals surface area contributed by atoms with Crippen LogP contribution in [0.2, 0.25) is 0 Å². The quantitative estimate of drug-likeness (QED) is 0.360. The molecule has 19 heavy (non-hydrogen) atoms. The van der Waals surface area contributed by atoms with Crippen molar-refractivity contribution in [2.45, 2.75) is 6.18 Å². The average molecular weight is 278 g/mol. The number of methoxy groups -OCH3 is 1. The van der Waals surface area contributed by atoms with Crippen molar-refractivity contribution < 1.29 is 27.4 Å². The first-order valence-electron chi connectivity index (χ1n) is 5.13. The maximum Gasteiger partial charge on any atom is 0.411 e. The van der Waals surface area contributed by atoms with Gasteiger partial charge in [-0.3, -0.25) is 5.41 Å². The molecule has 0 spiro atoms. The van der Waals surface area contributed by atoms with Gasteiger partial charge in [0.2, 0.25) is 0 Å². The van der Waals surface area contributed by atoms with Crippen LogP contribution in [0.15, 0.2) is 18.2 Å². The largest absolute Gasteiger partial charge is 0.493 e. The molecule has 0 saturated carbocycles. The number of hydrogen-bond donors (Lipinski definition) is 2. The molecular weight excluding hydrogens is 265 g/mol. The Kier molecular flexibility index (Phi) is 4.99. The summed E-state index contributed by atoms with van der Waals surface area (Å²) in [5.74, 6) is 0.302. The van der Waals surface area contributed by atoms with Crippen molar-refractivity contribution >= 4 is 5.84 Å². The molecule has 0 saturated heterocycles. The van der Waals surface area contributed by atoms with Gasteiger partial charge < -0.3 is 19.9 Å². The number of halogens is 3. The fraction of sp³-hybridized carbons (Fsp3) is 0.364. The third-order valence-electron chi connectivity index (χ3n) is 2.04. The Balaban J connectivity index is 2.61. The molecule has 0 heterocycles. The van der Waals surface area contributed by atoms with Gasteiger partial charge in [-0.1, -0.05) is 0 Å². The smallest absolute Gasteiger partial charge is 0.411 e. The third kappa shape index (κ3) is 5.04. The predicted molar refractivity (Wildman–Crippen MR) is 61.5 cm³/mol. The van der Waals surface area contributed by atoms with Crippen molar-refractivity contribution in [3.63, 3.8) is 0 Å². The van der Waals surface area contributed by atoms with Crippen LogP contribution in [0.1, 0.15) is 5.56 Å². The molecule has 0 radical (unpaired) electrons. The fourth-order valence-electron chi connectivity index (χ4n) is 1.22. The number of amidine groups is 1. The molecule has 8 heteroatoms. The van der Waals surface area contributed by atoms with E-state index in [-0.39, 0.29) is 17.3 Å². The summed E-state index contributed by atoms with van der Waals surface area (Å²) in [7, 11) is 1.36. The minimum absolute atomic E-state index is 0.154. The van der Waals surface area contributed by atoms with E-state index in [2.05, 4.69) is 4.74 Å². The lowest BCUT2D eigenvalue weighted by atomic mass is 10.2. The van der Waals surface area contributed by atoms with Crippen LogP contribution in [0.4, 0.5) is 13.2 Å². The van der Waals surface area contributed by atoms with Gasteiger partial charge in [0.15, 0.2) is 18.3 Å². The van der Waals surface area contributed by atoms with E-state index in [1.54, 1.807) is 0 Å². The molecular formula is C11H13F3N2O3. The number of nitrogens with two attached hydrogens (primary N) is 1. The zero-order chi connectivity index (χ0) is 14.5. The highest BCUT2D eigenvalue weighted by Crippen LogP contribution is 2.28. The number of nitrogens with one attached hydrogen (secondary N) is 1. The van der Waals surface area contributed by atoms with Gasteiger partial charge in [-0.2, -0.15) is 13.2 Å². The Morgan fingerprint density at radius 2 is 2.00 bits per heavy atom. The van der Waals surface area contributed by atoms with Crippen LogP contribution < -0.4 is 15.2 Å². The molecule has 5 nitrogen and oxygen atoms in total. The minimum atomic E-state index is -4.40. The van der Waals surface area contributed by atoms with E-state index in [1.165, 1.54) is 25.3 Å². The molecule has 3 N–H and O–H groups in total. The average Bonchev–Trinajstić information content (AvgIpc) is 2.33. The highest BCUT2D eigenvalue weighted by atomic mass is 19.4. The molecule has 0 aliphatic carbocycles. The molecule has 106 valence electrons. The lowest BCUT2D eigenvalue weighted by molar-refractivity contribution is -0.186. The van der Waals surface area contributed by atoms with E-state index in [0.29, 0.717) is 5.56 Å². The summed E-state index contributed by atoms with van der Waals surface area (Å²) >= 11 is 0. The van der Waals surface area contributed by atoms with E-state index in [4.69, 9.17) is 20.6 Å². The molecule has 0 amide bonds. The van der Waals surface area contributed by atoms with Crippen LogP contribution in [0, 0.1) is 5.41 Å². The zero-order valence-electron chi connectivity index (χ0n) is 10.1. The molecule has 1 rings (SSSR count). The molecule has 0 aliphatic heterocycles. The molecule has 0 aliphatic rings. The van der Waals surface area contributed by atoms with Gasteiger partial charge in [-0.25, -0.2) is 0 Å². The summed E-state index contributed by atoms with van der Waals surface area (Å²) in [6, 6.07) is 4.37. The van der Waals surface area contributed by atoms with Crippen LogP contribution in [-0.4, -0.2) is 32.5 Å². The minimum Gasteiger partial charge on any atom is -0.493 e. The summed E-state index contributed by atoms with van der Waals surface area (Å²) in [5.41, 5.74) is 5.71. The van der Waals surface area contributed by atoms with Gasteiger partial charge in [0.25, 0.3) is 0 Å². The van der Waals surface area contributed by atoms with E-state index < -0.39 is 19.6 Å². The van der Waals surface area contributed by atoms with Gasteiger partial charge in [0, 0.05) is 5.56 Å². The number of hydrogen-bond acceptors (Lipinski definition) is 4. The van der Waals surface area contributed by atoms with Crippen molar-refractivity contribution in [3.8, 4) is 11.5 Å². The predicted octanol–water partition coefficient (Wildman–Crippen LogP) is 1.89. The number of nitrogen functional groups attached to an aromatic ring is 1. The van der Waals surface area contributed by atoms with Gasteiger partial charge in [0.05, 0.1) is 7.11 Å². The molecule has 0 atom stereocenters. The Labute approximate surface area is 107 Å². The summed E-state index contributed by atoms with van der Waals surface area (Å²) in [5, 5.41) is 7.25. The fourth-order valence-corrected chi connectivity index (χ4v) is 1.22. The lowest BCUT2D eigenvalue weighted by Gasteiger charge is -2.12. The Bertz CT molecular complexity index is 449. The van der Waals surface area contributed by atoms with Crippen molar-refractivity contribution in [1.82, 2.24) is 0 Å². The molecule has 0 fully saturated rings. The van der Waals surface area contributed by atoms with Gasteiger partial charge in [-0.15, -0.1) is 0 Å². The second kappa shape index (κ2) is 6.28. The second-order valence-corrected chi connectivity index (χ2v) is 3.51. The lowest BCUT2D eigenvalue weighted by Crippen LogP contribution is -2.19. The second-order valence-electron chi connectivity index (χ2n) is 3.51. The maximum atomic E-state index is 11.8. The zero-order valence-corrected chi connectivity index (χ0v) is 10.1. The first kappa shape index (κ1) is 15.1. The third-order valence-corrected chi connectivity index (χ3v) is 2.04. The summed E-state index contributed by atoms with van der Waals surface area (Å²) in [6.07, 6.45) is -4.40. The summed E-state index contributed by atoms with van der Waals surface area (Å²) < 4.78 is 49.8. The van der Waals surface area contributed by atoms with Crippen LogP contribution in [-0.2, 0) is 4.74 Å². The normalized spacial score (nSPS) is 11.2. The van der Waals surface area contributed by atoms with Crippen LogP contribution in [0.25, 0.3) is 0 Å². The first-order chi connectivity index (χ1) is 8.83. The van der Waals surface area contributed by atoms with E-state index >= 15 is 0 Å². The highest BCUT2D eigenvalue weighted by Gasteiger charge is 2.27. The Morgan fingerprint density at radius 3 is 2.53 bits per heavy atom. The van der Waals surface area contributed by atoms with Gasteiger partial charge in [0.1, 0.15) is 12.4 Å². The van der Waals surface area contributed by atoms with E-state index in [1.807, 2.05) is 0 Å². The first-order valence-corrected chi connectivity index (χ1v) is 5.13. The Hall–Kier alpha value is -1.96. The molecule has 0 bridgehead atoms. The van der Waals surface area contributed by atoms with Crippen LogP contribution in [0.5, 0.6) is 11.5 Å². The van der Waals surface area contributed by atoms with Crippen molar-refractivity contribution in [3.05, 3.63) is 23.8 Å². The molecule has 1 aromatic rings. The van der Waals surface area contributed by atoms with Crippen molar-refractivity contribution in [2.24, 2.45) is 5.73 Å². The van der Waals surface area contributed by atoms with Crippen molar-refractivity contribution in [1.29, 1.82) is 5.41 Å². The molecule has 0 unspecified atom stereocenters. The van der Waals surface area contributed by atoms with Gasteiger partial charge >= 0.3 is 6.18 Å². The number of benzene rings is 1. The maximum absolute atomic E-state index is 11.8.